The van der Waals surface area contributed by atoms with Gasteiger partial charge in [0, 0.05) is 18.1 Å². The summed E-state index contributed by atoms with van der Waals surface area (Å²) in [4.78, 5) is 4.02. The van der Waals surface area contributed by atoms with Gasteiger partial charge in [-0.1, -0.05) is 36.4 Å². The van der Waals surface area contributed by atoms with E-state index in [0.29, 0.717) is 18.7 Å². The van der Waals surface area contributed by atoms with E-state index < -0.39 is 0 Å². The Morgan fingerprint density at radius 2 is 1.95 bits per heavy atom. The second-order valence-corrected chi connectivity index (χ2v) is 4.79. The quantitative estimate of drug-likeness (QED) is 0.729. The van der Waals surface area contributed by atoms with E-state index in [0.717, 1.165) is 22.2 Å². The lowest BCUT2D eigenvalue weighted by Gasteiger charge is -2.11. The first-order valence-electron chi connectivity index (χ1n) is 7.07. The molecule has 22 heavy (non-hydrogen) atoms. The molecule has 4 nitrogen and oxygen atoms in total. The molecule has 3 aromatic rings. The lowest BCUT2D eigenvalue weighted by Crippen LogP contribution is -2.12. The molecule has 0 fully saturated rings. The summed E-state index contributed by atoms with van der Waals surface area (Å²) in [5, 5.41) is 14.5. The Bertz CT molecular complexity index is 818. The number of hydrogen-bond acceptors (Lipinski definition) is 4. The molecule has 0 unspecified atom stereocenters. The number of fused-ring (bicyclic) bond motifs is 1. The highest BCUT2D eigenvalue weighted by Gasteiger charge is 2.02. The third-order valence-corrected chi connectivity index (χ3v) is 3.37. The number of ether oxygens (including phenoxy) is 1. The molecule has 0 aliphatic heterocycles. The van der Waals surface area contributed by atoms with E-state index in [-0.39, 0.29) is 0 Å². The second-order valence-electron chi connectivity index (χ2n) is 4.79. The summed E-state index contributed by atoms with van der Waals surface area (Å²) in [5.41, 5.74) is 1.31. The minimum Gasteiger partial charge on any atom is -0.491 e. The van der Waals surface area contributed by atoms with Crippen LogP contribution in [-0.2, 0) is 0 Å². The van der Waals surface area contributed by atoms with Gasteiger partial charge in [-0.05, 0) is 17.5 Å². The first-order valence-corrected chi connectivity index (χ1v) is 7.07. The number of aromatic nitrogens is 1. The van der Waals surface area contributed by atoms with E-state index in [9.17, 15) is 0 Å². The first kappa shape index (κ1) is 13.9. The predicted octanol–water partition coefficient (Wildman–Crippen LogP) is 3.60. The molecule has 0 saturated heterocycles. The molecular weight excluding hydrogens is 274 g/mol. The second kappa shape index (κ2) is 6.59. The fourth-order valence-corrected chi connectivity index (χ4v) is 2.30. The third kappa shape index (κ3) is 2.99. The molecule has 2 aromatic carbocycles. The monoisotopic (exact) mass is 289 g/mol. The van der Waals surface area contributed by atoms with Crippen molar-refractivity contribution in [2.75, 3.05) is 18.5 Å². The van der Waals surface area contributed by atoms with Crippen molar-refractivity contribution in [1.82, 2.24) is 4.98 Å². The highest BCUT2D eigenvalue weighted by Crippen LogP contribution is 2.25. The average molecular weight is 289 g/mol. The molecule has 1 heterocycles. The summed E-state index contributed by atoms with van der Waals surface area (Å²) in [7, 11) is 0. The standard InChI is InChI=1S/C18H15N3O/c19-12-15-8-9-20-13-17(15)21-10-11-22-18-7-3-5-14-4-1-2-6-16(14)18/h1-9,13,21H,10-11H2. The van der Waals surface area contributed by atoms with Crippen LogP contribution >= 0.6 is 0 Å². The minimum atomic E-state index is 0.508. The average Bonchev–Trinajstić information content (AvgIpc) is 2.59. The van der Waals surface area contributed by atoms with Crippen LogP contribution in [0.5, 0.6) is 5.75 Å². The smallest absolute Gasteiger partial charge is 0.127 e. The summed E-state index contributed by atoms with van der Waals surface area (Å²) >= 11 is 0. The van der Waals surface area contributed by atoms with Gasteiger partial charge in [0.2, 0.25) is 0 Å². The number of rotatable bonds is 5. The molecule has 108 valence electrons. The van der Waals surface area contributed by atoms with Crippen LogP contribution in [0.25, 0.3) is 10.8 Å². The van der Waals surface area contributed by atoms with E-state index in [2.05, 4.69) is 28.5 Å². The summed E-state index contributed by atoms with van der Waals surface area (Å²) in [6.45, 7) is 1.11. The number of nitrogens with zero attached hydrogens (tertiary/aromatic N) is 2. The van der Waals surface area contributed by atoms with Crippen molar-refractivity contribution in [3.05, 3.63) is 66.5 Å². The Balaban J connectivity index is 1.62. The number of nitriles is 1. The lowest BCUT2D eigenvalue weighted by molar-refractivity contribution is 0.337. The van der Waals surface area contributed by atoms with E-state index >= 15 is 0 Å². The lowest BCUT2D eigenvalue weighted by atomic mass is 10.1. The van der Waals surface area contributed by atoms with Crippen LogP contribution in [0.4, 0.5) is 5.69 Å². The summed E-state index contributed by atoms with van der Waals surface area (Å²) < 4.78 is 5.85. The van der Waals surface area contributed by atoms with Crippen molar-refractivity contribution < 1.29 is 4.74 Å². The van der Waals surface area contributed by atoms with Gasteiger partial charge in [-0.15, -0.1) is 0 Å². The van der Waals surface area contributed by atoms with Crippen molar-refractivity contribution in [2.45, 2.75) is 0 Å². The Morgan fingerprint density at radius 1 is 1.09 bits per heavy atom. The molecule has 0 aliphatic carbocycles. The summed E-state index contributed by atoms with van der Waals surface area (Å²) in [5.74, 6) is 0.867. The minimum absolute atomic E-state index is 0.508. The Kier molecular flexibility index (Phi) is 4.17. The fourth-order valence-electron chi connectivity index (χ4n) is 2.30. The van der Waals surface area contributed by atoms with Crippen LogP contribution < -0.4 is 10.1 Å². The van der Waals surface area contributed by atoms with E-state index in [1.807, 2.05) is 30.3 Å². The molecule has 0 bridgehead atoms. The molecule has 1 N–H and O–H groups in total. The van der Waals surface area contributed by atoms with Crippen LogP contribution in [-0.4, -0.2) is 18.1 Å². The third-order valence-electron chi connectivity index (χ3n) is 3.37. The maximum absolute atomic E-state index is 9.02. The van der Waals surface area contributed by atoms with Gasteiger partial charge < -0.3 is 10.1 Å². The van der Waals surface area contributed by atoms with Crippen LogP contribution in [0.3, 0.4) is 0 Å². The SMILES string of the molecule is N#Cc1ccncc1NCCOc1cccc2ccccc12. The number of hydrogen-bond donors (Lipinski definition) is 1. The van der Waals surface area contributed by atoms with Gasteiger partial charge in [0.15, 0.2) is 0 Å². The van der Waals surface area contributed by atoms with E-state index in [1.165, 1.54) is 0 Å². The molecule has 0 aliphatic rings. The zero-order valence-electron chi connectivity index (χ0n) is 12.0. The van der Waals surface area contributed by atoms with Crippen LogP contribution in [0, 0.1) is 11.3 Å². The molecule has 0 spiro atoms. The van der Waals surface area contributed by atoms with Crippen LogP contribution in [0.2, 0.25) is 0 Å². The first-order chi connectivity index (χ1) is 10.9. The molecule has 1 aromatic heterocycles. The predicted molar refractivity (Wildman–Crippen MR) is 86.9 cm³/mol. The van der Waals surface area contributed by atoms with Gasteiger partial charge >= 0.3 is 0 Å². The molecule has 4 heteroatoms. The molecular formula is C18H15N3O. The van der Waals surface area contributed by atoms with Gasteiger partial charge in [0.1, 0.15) is 18.4 Å². The van der Waals surface area contributed by atoms with Gasteiger partial charge in [-0.2, -0.15) is 5.26 Å². The molecule has 0 amide bonds. The zero-order valence-corrected chi connectivity index (χ0v) is 12.0. The largest absolute Gasteiger partial charge is 0.491 e. The number of nitrogens with one attached hydrogen (secondary N) is 1. The normalized spacial score (nSPS) is 10.1. The van der Waals surface area contributed by atoms with Crippen LogP contribution in [0.15, 0.2) is 60.9 Å². The molecule has 3 rings (SSSR count). The van der Waals surface area contributed by atoms with Gasteiger partial charge in [0.25, 0.3) is 0 Å². The topological polar surface area (TPSA) is 57.9 Å². The van der Waals surface area contributed by atoms with Crippen molar-refractivity contribution in [3.63, 3.8) is 0 Å². The highest BCUT2D eigenvalue weighted by atomic mass is 16.5. The Morgan fingerprint density at radius 3 is 2.86 bits per heavy atom. The van der Waals surface area contributed by atoms with Crippen molar-refractivity contribution in [1.29, 1.82) is 5.26 Å². The molecule has 0 atom stereocenters. The summed E-state index contributed by atoms with van der Waals surface area (Å²) in [6, 6.07) is 18.0. The number of anilines is 1. The number of benzene rings is 2. The van der Waals surface area contributed by atoms with Gasteiger partial charge in [-0.3, -0.25) is 4.98 Å². The van der Waals surface area contributed by atoms with Gasteiger partial charge in [0.05, 0.1) is 17.4 Å². The zero-order chi connectivity index (χ0) is 15.2. The fraction of sp³-hybridized carbons (Fsp3) is 0.111. The Hall–Kier alpha value is -3.06. The highest BCUT2D eigenvalue weighted by molar-refractivity contribution is 5.88. The maximum atomic E-state index is 9.02. The Labute approximate surface area is 129 Å². The van der Waals surface area contributed by atoms with Crippen LogP contribution in [0.1, 0.15) is 5.56 Å². The maximum Gasteiger partial charge on any atom is 0.127 e. The summed E-state index contributed by atoms with van der Waals surface area (Å²) in [6.07, 6.45) is 3.26. The van der Waals surface area contributed by atoms with Crippen molar-refractivity contribution in [2.24, 2.45) is 0 Å². The van der Waals surface area contributed by atoms with Crippen molar-refractivity contribution >= 4 is 16.5 Å². The molecule has 0 radical (unpaired) electrons. The van der Waals surface area contributed by atoms with Crippen molar-refractivity contribution in [3.8, 4) is 11.8 Å². The van der Waals surface area contributed by atoms with E-state index in [4.69, 9.17) is 10.00 Å². The number of pyridine rings is 1. The van der Waals surface area contributed by atoms with E-state index in [1.54, 1.807) is 18.5 Å². The molecule has 0 saturated carbocycles. The van der Waals surface area contributed by atoms with Gasteiger partial charge in [-0.25, -0.2) is 0 Å².